The number of pyridine rings is 1. The third-order valence-corrected chi connectivity index (χ3v) is 1.72. The van der Waals surface area contributed by atoms with E-state index in [2.05, 4.69) is 4.98 Å². The third-order valence-electron chi connectivity index (χ3n) is 1.72. The van der Waals surface area contributed by atoms with Crippen molar-refractivity contribution in [2.24, 2.45) is 5.92 Å². The van der Waals surface area contributed by atoms with E-state index in [1.807, 2.05) is 0 Å². The number of aliphatic carboxylic acids is 1. The molecule has 4 heteroatoms. The quantitative estimate of drug-likeness (QED) is 0.772. The van der Waals surface area contributed by atoms with Gasteiger partial charge in [-0.25, -0.2) is 4.39 Å². The molecule has 0 saturated carbocycles. The van der Waals surface area contributed by atoms with E-state index in [1.54, 1.807) is 6.92 Å². The fraction of sp³-hybridized carbons (Fsp3) is 0.333. The van der Waals surface area contributed by atoms with E-state index in [0.29, 0.717) is 12.0 Å². The smallest absolute Gasteiger partial charge is 0.306 e. The number of carboxylic acid groups (broad SMARTS) is 1. The number of hydrogen-bond donors (Lipinski definition) is 1. The van der Waals surface area contributed by atoms with Crippen molar-refractivity contribution in [1.82, 2.24) is 4.98 Å². The van der Waals surface area contributed by atoms with Gasteiger partial charge in [0.2, 0.25) is 0 Å². The minimum Gasteiger partial charge on any atom is -0.481 e. The van der Waals surface area contributed by atoms with Crippen LogP contribution in [0.4, 0.5) is 4.39 Å². The Hall–Kier alpha value is -1.45. The van der Waals surface area contributed by atoms with Gasteiger partial charge in [-0.05, 0) is 18.1 Å². The Morgan fingerprint density at radius 1 is 1.69 bits per heavy atom. The van der Waals surface area contributed by atoms with E-state index in [-0.39, 0.29) is 0 Å². The molecule has 0 radical (unpaired) electrons. The van der Waals surface area contributed by atoms with Crippen LogP contribution < -0.4 is 0 Å². The van der Waals surface area contributed by atoms with Crippen molar-refractivity contribution in [2.75, 3.05) is 0 Å². The van der Waals surface area contributed by atoms with Gasteiger partial charge < -0.3 is 5.11 Å². The van der Waals surface area contributed by atoms with Crippen LogP contribution in [0.15, 0.2) is 18.5 Å². The van der Waals surface area contributed by atoms with Gasteiger partial charge in [-0.3, -0.25) is 9.78 Å². The molecule has 0 aliphatic heterocycles. The van der Waals surface area contributed by atoms with Crippen molar-refractivity contribution >= 4 is 5.97 Å². The van der Waals surface area contributed by atoms with Crippen LogP contribution >= 0.6 is 0 Å². The Morgan fingerprint density at radius 2 is 2.38 bits per heavy atom. The van der Waals surface area contributed by atoms with Crippen LogP contribution in [0.25, 0.3) is 0 Å². The topological polar surface area (TPSA) is 50.2 Å². The Bertz CT molecular complexity index is 314. The van der Waals surface area contributed by atoms with E-state index < -0.39 is 17.7 Å². The second-order valence-corrected chi connectivity index (χ2v) is 2.95. The van der Waals surface area contributed by atoms with Crippen molar-refractivity contribution in [3.63, 3.8) is 0 Å². The summed E-state index contributed by atoms with van der Waals surface area (Å²) in [5.74, 6) is -1.83. The highest BCUT2D eigenvalue weighted by molar-refractivity contribution is 5.69. The Labute approximate surface area is 75.2 Å². The van der Waals surface area contributed by atoms with Crippen molar-refractivity contribution in [3.05, 3.63) is 29.8 Å². The summed E-state index contributed by atoms with van der Waals surface area (Å²) < 4.78 is 12.6. The molecule has 1 atom stereocenters. The first kappa shape index (κ1) is 9.64. The molecule has 3 nitrogen and oxygen atoms in total. The molecule has 0 spiro atoms. The molecule has 0 amide bonds. The molecule has 0 fully saturated rings. The van der Waals surface area contributed by atoms with Crippen LogP contribution in [-0.4, -0.2) is 16.1 Å². The summed E-state index contributed by atoms with van der Waals surface area (Å²) in [6.07, 6.45) is 2.87. The average Bonchev–Trinajstić information content (AvgIpc) is 2.04. The molecule has 0 aromatic carbocycles. The molecule has 0 bridgehead atoms. The van der Waals surface area contributed by atoms with Gasteiger partial charge in [-0.2, -0.15) is 0 Å². The first-order valence-electron chi connectivity index (χ1n) is 3.92. The molecule has 1 unspecified atom stereocenters. The highest BCUT2D eigenvalue weighted by Crippen LogP contribution is 2.08. The number of hydrogen-bond acceptors (Lipinski definition) is 2. The van der Waals surface area contributed by atoms with Crippen LogP contribution in [0.5, 0.6) is 0 Å². The average molecular weight is 183 g/mol. The van der Waals surface area contributed by atoms with Crippen LogP contribution in [-0.2, 0) is 11.2 Å². The van der Waals surface area contributed by atoms with Gasteiger partial charge in [0.25, 0.3) is 0 Å². The molecule has 0 saturated heterocycles. The van der Waals surface area contributed by atoms with Crippen LogP contribution in [0.1, 0.15) is 12.5 Å². The van der Waals surface area contributed by atoms with Gasteiger partial charge in [0.05, 0.1) is 12.1 Å². The molecule has 13 heavy (non-hydrogen) atoms. The highest BCUT2D eigenvalue weighted by atomic mass is 19.1. The van der Waals surface area contributed by atoms with Crippen molar-refractivity contribution in [1.29, 1.82) is 0 Å². The molecular formula is C9H10FNO2. The molecule has 0 aliphatic carbocycles. The van der Waals surface area contributed by atoms with Gasteiger partial charge in [0, 0.05) is 6.20 Å². The SMILES string of the molecule is CC(Cc1cncc(F)c1)C(=O)O. The molecule has 1 heterocycles. The van der Waals surface area contributed by atoms with Gasteiger partial charge in [-0.15, -0.1) is 0 Å². The fourth-order valence-electron chi connectivity index (χ4n) is 1.01. The number of carbonyl (C=O) groups is 1. The summed E-state index contributed by atoms with van der Waals surface area (Å²) in [6, 6.07) is 1.30. The molecular weight excluding hydrogens is 173 g/mol. The predicted octanol–water partition coefficient (Wildman–Crippen LogP) is 1.48. The summed E-state index contributed by atoms with van der Waals surface area (Å²) in [5.41, 5.74) is 0.606. The molecule has 1 rings (SSSR count). The lowest BCUT2D eigenvalue weighted by Crippen LogP contribution is -2.12. The maximum Gasteiger partial charge on any atom is 0.306 e. The standard InChI is InChI=1S/C9H10FNO2/c1-6(9(12)13)2-7-3-8(10)5-11-4-7/h3-6H,2H2,1H3,(H,12,13). The summed E-state index contributed by atoms with van der Waals surface area (Å²) in [4.78, 5) is 14.1. The second kappa shape index (κ2) is 3.98. The van der Waals surface area contributed by atoms with Gasteiger partial charge in [0.15, 0.2) is 0 Å². The minimum absolute atomic E-state index is 0.306. The number of carboxylic acids is 1. The first-order chi connectivity index (χ1) is 6.09. The normalized spacial score (nSPS) is 12.5. The number of nitrogens with zero attached hydrogens (tertiary/aromatic N) is 1. The molecule has 70 valence electrons. The predicted molar refractivity (Wildman–Crippen MR) is 44.7 cm³/mol. The summed E-state index contributed by atoms with van der Waals surface area (Å²) in [7, 11) is 0. The molecule has 1 aromatic heterocycles. The van der Waals surface area contributed by atoms with E-state index in [4.69, 9.17) is 5.11 Å². The van der Waals surface area contributed by atoms with Crippen LogP contribution in [0.2, 0.25) is 0 Å². The van der Waals surface area contributed by atoms with Crippen molar-refractivity contribution in [2.45, 2.75) is 13.3 Å². The third kappa shape index (κ3) is 2.82. The summed E-state index contributed by atoms with van der Waals surface area (Å²) in [5, 5.41) is 8.60. The van der Waals surface area contributed by atoms with E-state index in [0.717, 1.165) is 6.20 Å². The Morgan fingerprint density at radius 3 is 2.92 bits per heavy atom. The van der Waals surface area contributed by atoms with Crippen molar-refractivity contribution < 1.29 is 14.3 Å². The maximum atomic E-state index is 12.6. The lowest BCUT2D eigenvalue weighted by molar-refractivity contribution is -0.141. The lowest BCUT2D eigenvalue weighted by atomic mass is 10.0. The summed E-state index contributed by atoms with van der Waals surface area (Å²) in [6.45, 7) is 1.58. The second-order valence-electron chi connectivity index (χ2n) is 2.95. The Balaban J connectivity index is 2.69. The first-order valence-corrected chi connectivity index (χ1v) is 3.92. The number of rotatable bonds is 3. The van der Waals surface area contributed by atoms with Crippen LogP contribution in [0, 0.1) is 11.7 Å². The van der Waals surface area contributed by atoms with Crippen molar-refractivity contribution in [3.8, 4) is 0 Å². The van der Waals surface area contributed by atoms with E-state index >= 15 is 0 Å². The van der Waals surface area contributed by atoms with Gasteiger partial charge in [-0.1, -0.05) is 6.92 Å². The molecule has 1 N–H and O–H groups in total. The zero-order valence-electron chi connectivity index (χ0n) is 7.20. The van der Waals surface area contributed by atoms with Crippen LogP contribution in [0.3, 0.4) is 0 Å². The number of halogens is 1. The number of aromatic nitrogens is 1. The zero-order chi connectivity index (χ0) is 9.84. The van der Waals surface area contributed by atoms with Gasteiger partial charge >= 0.3 is 5.97 Å². The highest BCUT2D eigenvalue weighted by Gasteiger charge is 2.11. The largest absolute Gasteiger partial charge is 0.481 e. The fourth-order valence-corrected chi connectivity index (χ4v) is 1.01. The Kier molecular flexibility index (Phi) is 2.95. The lowest BCUT2D eigenvalue weighted by Gasteiger charge is -2.04. The van der Waals surface area contributed by atoms with Gasteiger partial charge in [0.1, 0.15) is 5.82 Å². The monoisotopic (exact) mass is 183 g/mol. The summed E-state index contributed by atoms with van der Waals surface area (Å²) >= 11 is 0. The minimum atomic E-state index is -0.885. The molecule has 0 aliphatic rings. The van der Waals surface area contributed by atoms with E-state index in [1.165, 1.54) is 12.3 Å². The molecule has 1 aromatic rings. The van der Waals surface area contributed by atoms with E-state index in [9.17, 15) is 9.18 Å². The maximum absolute atomic E-state index is 12.6. The zero-order valence-corrected chi connectivity index (χ0v) is 7.20.